The van der Waals surface area contributed by atoms with Crippen LogP contribution >= 0.6 is 0 Å². The summed E-state index contributed by atoms with van der Waals surface area (Å²) >= 11 is 0. The smallest absolute Gasteiger partial charge is 0.230 e. The van der Waals surface area contributed by atoms with Crippen LogP contribution < -0.4 is 5.32 Å². The molecule has 0 aromatic heterocycles. The van der Waals surface area contributed by atoms with Crippen molar-refractivity contribution in [2.45, 2.75) is 50.7 Å². The van der Waals surface area contributed by atoms with Gasteiger partial charge in [0.2, 0.25) is 11.8 Å². The normalized spacial score (nSPS) is 35.7. The molecule has 0 bridgehead atoms. The fraction of sp³-hybridized carbons (Fsp3) is 0.846. The highest BCUT2D eigenvalue weighted by atomic mass is 32.2. The van der Waals surface area contributed by atoms with Crippen LogP contribution in [-0.2, 0) is 19.4 Å². The number of hydrogen-bond acceptors (Lipinski definition) is 4. The largest absolute Gasteiger partial charge is 0.296 e. The SMILES string of the molecule is CCCC1C(=O)NC(=O)CC12CCCC2S(C)(=O)=O. The Bertz CT molecular complexity index is 499. The summed E-state index contributed by atoms with van der Waals surface area (Å²) in [6.07, 6.45) is 4.86. The number of rotatable bonds is 3. The van der Waals surface area contributed by atoms with Crippen LogP contribution in [0.4, 0.5) is 0 Å². The average molecular weight is 287 g/mol. The number of imide groups is 1. The van der Waals surface area contributed by atoms with E-state index in [1.165, 1.54) is 6.26 Å². The molecule has 108 valence electrons. The van der Waals surface area contributed by atoms with Crippen molar-refractivity contribution in [1.29, 1.82) is 0 Å². The van der Waals surface area contributed by atoms with Gasteiger partial charge in [-0.25, -0.2) is 8.42 Å². The number of carbonyl (C=O) groups excluding carboxylic acids is 2. The number of hydrogen-bond donors (Lipinski definition) is 1. The van der Waals surface area contributed by atoms with Gasteiger partial charge >= 0.3 is 0 Å². The van der Waals surface area contributed by atoms with E-state index in [1.807, 2.05) is 6.92 Å². The van der Waals surface area contributed by atoms with Crippen LogP contribution in [0.2, 0.25) is 0 Å². The molecule has 2 fully saturated rings. The first kappa shape index (κ1) is 14.5. The Morgan fingerprint density at radius 2 is 2.05 bits per heavy atom. The van der Waals surface area contributed by atoms with Crippen LogP contribution in [0, 0.1) is 11.3 Å². The molecule has 0 aromatic carbocycles. The van der Waals surface area contributed by atoms with Crippen LogP contribution in [0.3, 0.4) is 0 Å². The maximum atomic E-state index is 12.1. The van der Waals surface area contributed by atoms with Crippen molar-refractivity contribution < 1.29 is 18.0 Å². The monoisotopic (exact) mass is 287 g/mol. The third kappa shape index (κ3) is 2.42. The molecule has 0 aromatic rings. The molecule has 1 aliphatic carbocycles. The van der Waals surface area contributed by atoms with E-state index in [4.69, 9.17) is 0 Å². The van der Waals surface area contributed by atoms with E-state index in [1.54, 1.807) is 0 Å². The lowest BCUT2D eigenvalue weighted by Crippen LogP contribution is -2.56. The highest BCUT2D eigenvalue weighted by Crippen LogP contribution is 2.52. The first-order valence-electron chi connectivity index (χ1n) is 6.84. The highest BCUT2D eigenvalue weighted by Gasteiger charge is 2.57. The quantitative estimate of drug-likeness (QED) is 0.786. The molecule has 19 heavy (non-hydrogen) atoms. The van der Waals surface area contributed by atoms with Gasteiger partial charge in [0.25, 0.3) is 0 Å². The zero-order chi connectivity index (χ0) is 14.3. The van der Waals surface area contributed by atoms with E-state index in [-0.39, 0.29) is 24.2 Å². The number of piperidine rings is 1. The Morgan fingerprint density at radius 3 is 2.63 bits per heavy atom. The van der Waals surface area contributed by atoms with E-state index < -0.39 is 20.5 Å². The molecule has 3 atom stereocenters. The van der Waals surface area contributed by atoms with E-state index in [0.29, 0.717) is 19.3 Å². The molecule has 1 heterocycles. The fourth-order valence-electron chi connectivity index (χ4n) is 3.97. The molecule has 2 aliphatic rings. The molecule has 1 aliphatic heterocycles. The lowest BCUT2D eigenvalue weighted by Gasteiger charge is -2.43. The Kier molecular flexibility index (Phi) is 3.73. The summed E-state index contributed by atoms with van der Waals surface area (Å²) in [6, 6.07) is 0. The number of nitrogens with one attached hydrogen (secondary N) is 1. The van der Waals surface area contributed by atoms with E-state index >= 15 is 0 Å². The van der Waals surface area contributed by atoms with Crippen molar-refractivity contribution in [3.05, 3.63) is 0 Å². The summed E-state index contributed by atoms with van der Waals surface area (Å²) in [5.74, 6) is -0.959. The van der Waals surface area contributed by atoms with Crippen molar-refractivity contribution in [3.63, 3.8) is 0 Å². The van der Waals surface area contributed by atoms with Crippen LogP contribution in [0.15, 0.2) is 0 Å². The molecule has 1 spiro atoms. The Balaban J connectivity index is 2.46. The first-order chi connectivity index (χ1) is 8.81. The predicted octanol–water partition coefficient (Wildman–Crippen LogP) is 1.03. The minimum absolute atomic E-state index is 0.168. The zero-order valence-corrected chi connectivity index (χ0v) is 12.3. The Labute approximate surface area is 114 Å². The van der Waals surface area contributed by atoms with Crippen molar-refractivity contribution >= 4 is 21.7 Å². The molecule has 1 saturated heterocycles. The van der Waals surface area contributed by atoms with Gasteiger partial charge in [-0.1, -0.05) is 19.8 Å². The fourth-order valence-corrected chi connectivity index (χ4v) is 5.78. The van der Waals surface area contributed by atoms with Crippen molar-refractivity contribution in [3.8, 4) is 0 Å². The summed E-state index contributed by atoms with van der Waals surface area (Å²) in [5.41, 5.74) is -0.664. The van der Waals surface area contributed by atoms with Crippen LogP contribution in [-0.4, -0.2) is 31.7 Å². The van der Waals surface area contributed by atoms with Gasteiger partial charge in [-0.05, 0) is 19.3 Å². The maximum Gasteiger partial charge on any atom is 0.230 e. The third-order valence-electron chi connectivity index (χ3n) is 4.61. The second kappa shape index (κ2) is 4.89. The Morgan fingerprint density at radius 1 is 1.37 bits per heavy atom. The number of sulfone groups is 1. The third-order valence-corrected chi connectivity index (χ3v) is 6.35. The molecule has 0 radical (unpaired) electrons. The number of carbonyl (C=O) groups is 2. The van der Waals surface area contributed by atoms with Gasteiger partial charge in [-0.2, -0.15) is 0 Å². The first-order valence-corrected chi connectivity index (χ1v) is 8.79. The summed E-state index contributed by atoms with van der Waals surface area (Å²) < 4.78 is 24.1. The molecule has 1 saturated carbocycles. The second-order valence-corrected chi connectivity index (χ2v) is 8.10. The minimum atomic E-state index is -3.24. The lowest BCUT2D eigenvalue weighted by atomic mass is 9.67. The molecule has 5 nitrogen and oxygen atoms in total. The molecule has 6 heteroatoms. The molecule has 1 N–H and O–H groups in total. The average Bonchev–Trinajstić information content (AvgIpc) is 2.67. The van der Waals surface area contributed by atoms with Gasteiger partial charge in [0.15, 0.2) is 9.84 Å². The van der Waals surface area contributed by atoms with E-state index in [2.05, 4.69) is 5.32 Å². The van der Waals surface area contributed by atoms with E-state index in [0.717, 1.165) is 12.8 Å². The Hall–Kier alpha value is -0.910. The molecule has 3 unspecified atom stereocenters. The summed E-state index contributed by atoms with van der Waals surface area (Å²) in [7, 11) is -3.24. The summed E-state index contributed by atoms with van der Waals surface area (Å²) in [5, 5.41) is 1.82. The van der Waals surface area contributed by atoms with Gasteiger partial charge < -0.3 is 0 Å². The van der Waals surface area contributed by atoms with E-state index in [9.17, 15) is 18.0 Å². The minimum Gasteiger partial charge on any atom is -0.296 e. The lowest BCUT2D eigenvalue weighted by molar-refractivity contribution is -0.143. The summed E-state index contributed by atoms with van der Waals surface area (Å²) in [4.78, 5) is 23.8. The van der Waals surface area contributed by atoms with Crippen molar-refractivity contribution in [2.24, 2.45) is 11.3 Å². The maximum absolute atomic E-state index is 12.1. The molecular formula is C13H21NO4S. The highest BCUT2D eigenvalue weighted by molar-refractivity contribution is 7.91. The summed E-state index contributed by atoms with van der Waals surface area (Å²) in [6.45, 7) is 1.97. The molecular weight excluding hydrogens is 266 g/mol. The van der Waals surface area contributed by atoms with Crippen molar-refractivity contribution in [1.82, 2.24) is 5.32 Å². The predicted molar refractivity (Wildman–Crippen MR) is 71.1 cm³/mol. The molecule has 2 rings (SSSR count). The standard InChI is InChI=1S/C13H21NO4S/c1-3-5-9-12(16)14-11(15)8-13(9)7-4-6-10(13)19(2,17)18/h9-10H,3-8H2,1-2H3,(H,14,15,16). The van der Waals surface area contributed by atoms with Crippen LogP contribution in [0.5, 0.6) is 0 Å². The van der Waals surface area contributed by atoms with Gasteiger partial charge in [0, 0.05) is 24.0 Å². The van der Waals surface area contributed by atoms with Crippen LogP contribution in [0.1, 0.15) is 45.4 Å². The topological polar surface area (TPSA) is 80.3 Å². The zero-order valence-electron chi connectivity index (χ0n) is 11.4. The van der Waals surface area contributed by atoms with Gasteiger partial charge in [0.05, 0.1) is 5.25 Å². The van der Waals surface area contributed by atoms with Gasteiger partial charge in [0.1, 0.15) is 0 Å². The van der Waals surface area contributed by atoms with Crippen LogP contribution in [0.25, 0.3) is 0 Å². The van der Waals surface area contributed by atoms with Gasteiger partial charge in [-0.3, -0.25) is 14.9 Å². The van der Waals surface area contributed by atoms with Crippen molar-refractivity contribution in [2.75, 3.05) is 6.26 Å². The second-order valence-electron chi connectivity index (χ2n) is 5.87. The van der Waals surface area contributed by atoms with Gasteiger partial charge in [-0.15, -0.1) is 0 Å². The molecule has 2 amide bonds. The number of amides is 2.